The van der Waals surface area contributed by atoms with Gasteiger partial charge < -0.3 is 4.74 Å². The van der Waals surface area contributed by atoms with Crippen molar-refractivity contribution in [2.24, 2.45) is 0 Å². The van der Waals surface area contributed by atoms with Crippen molar-refractivity contribution in [3.63, 3.8) is 0 Å². The van der Waals surface area contributed by atoms with Gasteiger partial charge in [-0.2, -0.15) is 0 Å². The zero-order valence-corrected chi connectivity index (χ0v) is 9.25. The molecule has 1 aliphatic rings. The highest BCUT2D eigenvalue weighted by atomic mass is 16.5. The SMILES string of the molecule is CCc1cc(OC)c(C2CC2)cc1C=O. The number of carbonyl (C=O) groups excluding carboxylic acids is 1. The molecule has 1 saturated carbocycles. The van der Waals surface area contributed by atoms with Gasteiger partial charge in [0.05, 0.1) is 7.11 Å². The Hall–Kier alpha value is -1.31. The van der Waals surface area contributed by atoms with Crippen LogP contribution in [0.25, 0.3) is 0 Å². The molecule has 0 aromatic heterocycles. The first-order chi connectivity index (χ1) is 7.30. The van der Waals surface area contributed by atoms with Crippen molar-refractivity contribution in [3.05, 3.63) is 28.8 Å². The molecule has 0 bridgehead atoms. The maximum Gasteiger partial charge on any atom is 0.150 e. The van der Waals surface area contributed by atoms with E-state index in [0.29, 0.717) is 5.92 Å². The van der Waals surface area contributed by atoms with E-state index in [4.69, 9.17) is 4.74 Å². The number of aldehydes is 1. The molecule has 1 aromatic rings. The lowest BCUT2D eigenvalue weighted by molar-refractivity contribution is 0.112. The van der Waals surface area contributed by atoms with E-state index in [1.807, 2.05) is 12.1 Å². The van der Waals surface area contributed by atoms with Crippen molar-refractivity contribution >= 4 is 6.29 Å². The van der Waals surface area contributed by atoms with Gasteiger partial charge in [0.1, 0.15) is 12.0 Å². The van der Waals surface area contributed by atoms with Gasteiger partial charge in [-0.25, -0.2) is 0 Å². The van der Waals surface area contributed by atoms with Crippen LogP contribution >= 0.6 is 0 Å². The fourth-order valence-electron chi connectivity index (χ4n) is 1.96. The van der Waals surface area contributed by atoms with Crippen molar-refractivity contribution in [2.75, 3.05) is 7.11 Å². The van der Waals surface area contributed by atoms with Crippen molar-refractivity contribution in [2.45, 2.75) is 32.1 Å². The first kappa shape index (κ1) is 10.2. The molecule has 0 radical (unpaired) electrons. The quantitative estimate of drug-likeness (QED) is 0.705. The third kappa shape index (κ3) is 1.89. The zero-order valence-electron chi connectivity index (χ0n) is 9.25. The van der Waals surface area contributed by atoms with E-state index in [2.05, 4.69) is 6.92 Å². The fourth-order valence-corrected chi connectivity index (χ4v) is 1.96. The molecule has 1 aromatic carbocycles. The highest BCUT2D eigenvalue weighted by Gasteiger charge is 2.27. The van der Waals surface area contributed by atoms with Gasteiger partial charge in [-0.1, -0.05) is 6.92 Å². The first-order valence-electron chi connectivity index (χ1n) is 5.46. The minimum atomic E-state index is 0.615. The second-order valence-corrected chi connectivity index (χ2v) is 4.04. The predicted molar refractivity (Wildman–Crippen MR) is 59.7 cm³/mol. The first-order valence-corrected chi connectivity index (χ1v) is 5.46. The second kappa shape index (κ2) is 4.05. The van der Waals surface area contributed by atoms with Gasteiger partial charge in [-0.05, 0) is 48.4 Å². The molecular weight excluding hydrogens is 188 g/mol. The Kier molecular flexibility index (Phi) is 2.76. The number of rotatable bonds is 4. The number of hydrogen-bond acceptors (Lipinski definition) is 2. The molecule has 0 amide bonds. The van der Waals surface area contributed by atoms with Gasteiger partial charge >= 0.3 is 0 Å². The summed E-state index contributed by atoms with van der Waals surface area (Å²) in [6.07, 6.45) is 4.26. The minimum absolute atomic E-state index is 0.615. The number of carbonyl (C=O) groups is 1. The third-order valence-corrected chi connectivity index (χ3v) is 3.02. The molecule has 0 atom stereocenters. The molecule has 15 heavy (non-hydrogen) atoms. The molecule has 1 aliphatic carbocycles. The molecule has 0 unspecified atom stereocenters. The lowest BCUT2D eigenvalue weighted by Gasteiger charge is -2.11. The van der Waals surface area contributed by atoms with Gasteiger partial charge in [-0.15, -0.1) is 0 Å². The van der Waals surface area contributed by atoms with Crippen molar-refractivity contribution < 1.29 is 9.53 Å². The molecule has 1 fully saturated rings. The van der Waals surface area contributed by atoms with Crippen molar-refractivity contribution in [1.82, 2.24) is 0 Å². The smallest absolute Gasteiger partial charge is 0.150 e. The van der Waals surface area contributed by atoms with Gasteiger partial charge in [0.25, 0.3) is 0 Å². The molecule has 2 heteroatoms. The number of aryl methyl sites for hydroxylation is 1. The highest BCUT2D eigenvalue weighted by Crippen LogP contribution is 2.45. The summed E-state index contributed by atoms with van der Waals surface area (Å²) >= 11 is 0. The van der Waals surface area contributed by atoms with E-state index in [9.17, 15) is 4.79 Å². The van der Waals surface area contributed by atoms with Crippen LogP contribution in [0.2, 0.25) is 0 Å². The van der Waals surface area contributed by atoms with E-state index in [-0.39, 0.29) is 0 Å². The van der Waals surface area contributed by atoms with Crippen LogP contribution in [0.5, 0.6) is 5.75 Å². The summed E-state index contributed by atoms with van der Waals surface area (Å²) < 4.78 is 5.37. The molecule has 0 spiro atoms. The Labute approximate surface area is 90.3 Å². The normalized spacial score (nSPS) is 15.1. The third-order valence-electron chi connectivity index (χ3n) is 3.02. The van der Waals surface area contributed by atoms with E-state index >= 15 is 0 Å². The number of benzene rings is 1. The summed E-state index contributed by atoms with van der Waals surface area (Å²) in [6, 6.07) is 4.01. The topological polar surface area (TPSA) is 26.3 Å². The summed E-state index contributed by atoms with van der Waals surface area (Å²) in [6.45, 7) is 2.05. The Bertz CT molecular complexity index is 378. The Balaban J connectivity index is 2.48. The number of hydrogen-bond donors (Lipinski definition) is 0. The lowest BCUT2D eigenvalue weighted by Crippen LogP contribution is -1.97. The van der Waals surface area contributed by atoms with Gasteiger partial charge in [0, 0.05) is 5.56 Å². The Morgan fingerprint density at radius 2 is 2.20 bits per heavy atom. The van der Waals surface area contributed by atoms with Crippen LogP contribution in [0.4, 0.5) is 0 Å². The maximum absolute atomic E-state index is 10.9. The molecule has 0 N–H and O–H groups in total. The van der Waals surface area contributed by atoms with Crippen LogP contribution in [0.1, 0.15) is 47.2 Å². The summed E-state index contributed by atoms with van der Waals surface area (Å²) in [4.78, 5) is 10.9. The second-order valence-electron chi connectivity index (χ2n) is 4.04. The monoisotopic (exact) mass is 204 g/mol. The minimum Gasteiger partial charge on any atom is -0.496 e. The molecule has 80 valence electrons. The summed E-state index contributed by atoms with van der Waals surface area (Å²) in [5.41, 5.74) is 3.10. The largest absolute Gasteiger partial charge is 0.496 e. The van der Waals surface area contributed by atoms with Crippen LogP contribution in [0, 0.1) is 0 Å². The predicted octanol–water partition coefficient (Wildman–Crippen LogP) is 2.95. The molecular formula is C13H16O2. The van der Waals surface area contributed by atoms with E-state index in [1.54, 1.807) is 7.11 Å². The molecule has 2 rings (SSSR count). The fraction of sp³-hybridized carbons (Fsp3) is 0.462. The van der Waals surface area contributed by atoms with Crippen LogP contribution in [-0.2, 0) is 6.42 Å². The van der Waals surface area contributed by atoms with Gasteiger partial charge in [0.2, 0.25) is 0 Å². The van der Waals surface area contributed by atoms with Crippen LogP contribution in [0.3, 0.4) is 0 Å². The number of ether oxygens (including phenoxy) is 1. The van der Waals surface area contributed by atoms with Crippen LogP contribution in [-0.4, -0.2) is 13.4 Å². The average Bonchev–Trinajstić information content (AvgIpc) is 3.11. The highest BCUT2D eigenvalue weighted by molar-refractivity contribution is 5.78. The molecule has 0 aliphatic heterocycles. The number of methoxy groups -OCH3 is 1. The van der Waals surface area contributed by atoms with E-state index in [1.165, 1.54) is 18.4 Å². The standard InChI is InChI=1S/C13H16O2/c1-3-9-7-13(15-2)12(10-4-5-10)6-11(9)8-14/h6-8,10H,3-5H2,1-2H3. The molecule has 0 heterocycles. The summed E-state index contributed by atoms with van der Waals surface area (Å²) in [5, 5.41) is 0. The maximum atomic E-state index is 10.9. The van der Waals surface area contributed by atoms with Crippen LogP contribution in [0.15, 0.2) is 12.1 Å². The zero-order chi connectivity index (χ0) is 10.8. The van der Waals surface area contributed by atoms with Crippen molar-refractivity contribution in [1.29, 1.82) is 0 Å². The summed E-state index contributed by atoms with van der Waals surface area (Å²) in [7, 11) is 1.70. The van der Waals surface area contributed by atoms with E-state index in [0.717, 1.165) is 29.6 Å². The van der Waals surface area contributed by atoms with Crippen molar-refractivity contribution in [3.8, 4) is 5.75 Å². The lowest BCUT2D eigenvalue weighted by atomic mass is 9.99. The van der Waals surface area contributed by atoms with E-state index < -0.39 is 0 Å². The molecule has 0 saturated heterocycles. The Morgan fingerprint density at radius 3 is 2.67 bits per heavy atom. The van der Waals surface area contributed by atoms with Gasteiger partial charge in [-0.3, -0.25) is 4.79 Å². The summed E-state index contributed by atoms with van der Waals surface area (Å²) in [5.74, 6) is 1.56. The molecule has 2 nitrogen and oxygen atoms in total. The van der Waals surface area contributed by atoms with Gasteiger partial charge in [0.15, 0.2) is 0 Å². The Morgan fingerprint density at radius 1 is 1.47 bits per heavy atom. The average molecular weight is 204 g/mol. The van der Waals surface area contributed by atoms with Crippen LogP contribution < -0.4 is 4.74 Å².